The number of rotatable bonds is 8. The molecule has 0 radical (unpaired) electrons. The van der Waals surface area contributed by atoms with Gasteiger partial charge in [0, 0.05) is 24.8 Å². The second kappa shape index (κ2) is 8.40. The van der Waals surface area contributed by atoms with Crippen LogP contribution in [0.4, 0.5) is 5.69 Å². The van der Waals surface area contributed by atoms with Gasteiger partial charge in [-0.05, 0) is 36.9 Å². The normalized spacial score (nSPS) is 15.8. The Labute approximate surface area is 129 Å². The van der Waals surface area contributed by atoms with E-state index in [-0.39, 0.29) is 6.61 Å². The third-order valence-electron chi connectivity index (χ3n) is 4.28. The first-order chi connectivity index (χ1) is 10.2. The van der Waals surface area contributed by atoms with Gasteiger partial charge in [0.15, 0.2) is 0 Å². The van der Waals surface area contributed by atoms with Gasteiger partial charge in [0.2, 0.25) is 0 Å². The van der Waals surface area contributed by atoms with E-state index in [0.717, 1.165) is 19.6 Å². The van der Waals surface area contributed by atoms with Crippen molar-refractivity contribution in [1.29, 1.82) is 0 Å². The number of aliphatic hydroxyl groups excluding tert-OH is 1. The van der Waals surface area contributed by atoms with Crippen molar-refractivity contribution < 1.29 is 5.11 Å². The van der Waals surface area contributed by atoms with Gasteiger partial charge in [-0.15, -0.1) is 0 Å². The van der Waals surface area contributed by atoms with Crippen LogP contribution in [-0.2, 0) is 6.54 Å². The summed E-state index contributed by atoms with van der Waals surface area (Å²) in [5.41, 5.74) is 2.65. The van der Waals surface area contributed by atoms with Gasteiger partial charge in [0.1, 0.15) is 0 Å². The maximum Gasteiger partial charge on any atom is 0.0606 e. The molecule has 1 aliphatic rings. The zero-order valence-corrected chi connectivity index (χ0v) is 13.5. The maximum atomic E-state index is 9.44. The van der Waals surface area contributed by atoms with E-state index >= 15 is 0 Å². The molecule has 1 aliphatic carbocycles. The molecule has 0 heterocycles. The van der Waals surface area contributed by atoms with Gasteiger partial charge in [-0.2, -0.15) is 0 Å². The molecule has 1 aromatic carbocycles. The van der Waals surface area contributed by atoms with Crippen LogP contribution in [0.3, 0.4) is 0 Å². The fourth-order valence-corrected chi connectivity index (χ4v) is 3.26. The average molecular weight is 290 g/mol. The molecule has 0 amide bonds. The Balaban J connectivity index is 2.11. The van der Waals surface area contributed by atoms with Gasteiger partial charge in [-0.3, -0.25) is 0 Å². The maximum absolute atomic E-state index is 9.44. The number of hydrogen-bond acceptors (Lipinski definition) is 3. The van der Waals surface area contributed by atoms with E-state index in [1.54, 1.807) is 0 Å². The summed E-state index contributed by atoms with van der Waals surface area (Å²) < 4.78 is 0. The quantitative estimate of drug-likeness (QED) is 0.772. The van der Waals surface area contributed by atoms with E-state index in [1.807, 2.05) is 0 Å². The predicted molar refractivity (Wildman–Crippen MR) is 89.7 cm³/mol. The summed E-state index contributed by atoms with van der Waals surface area (Å²) in [6.07, 6.45) is 5.15. The Morgan fingerprint density at radius 2 is 1.95 bits per heavy atom. The van der Waals surface area contributed by atoms with E-state index in [9.17, 15) is 5.11 Å². The lowest BCUT2D eigenvalue weighted by Crippen LogP contribution is -2.36. The minimum atomic E-state index is 0.226. The van der Waals surface area contributed by atoms with Crippen LogP contribution in [0.2, 0.25) is 0 Å². The van der Waals surface area contributed by atoms with E-state index in [4.69, 9.17) is 0 Å². The van der Waals surface area contributed by atoms with Gasteiger partial charge in [0.05, 0.1) is 6.61 Å². The third-order valence-corrected chi connectivity index (χ3v) is 4.28. The molecule has 1 saturated carbocycles. The molecule has 0 bridgehead atoms. The molecule has 1 fully saturated rings. The van der Waals surface area contributed by atoms with E-state index in [2.05, 4.69) is 48.3 Å². The van der Waals surface area contributed by atoms with Crippen molar-refractivity contribution in [3.63, 3.8) is 0 Å². The lowest BCUT2D eigenvalue weighted by atomic mass is 10.1. The van der Waals surface area contributed by atoms with Gasteiger partial charge < -0.3 is 15.3 Å². The van der Waals surface area contributed by atoms with Crippen molar-refractivity contribution in [1.82, 2.24) is 5.32 Å². The highest BCUT2D eigenvalue weighted by Crippen LogP contribution is 2.30. The lowest BCUT2D eigenvalue weighted by Gasteiger charge is -2.32. The molecule has 21 heavy (non-hydrogen) atoms. The largest absolute Gasteiger partial charge is 0.395 e. The zero-order valence-electron chi connectivity index (χ0n) is 13.5. The van der Waals surface area contributed by atoms with Gasteiger partial charge in [0.25, 0.3) is 0 Å². The molecule has 118 valence electrons. The summed E-state index contributed by atoms with van der Waals surface area (Å²) in [4.78, 5) is 2.43. The van der Waals surface area contributed by atoms with Crippen molar-refractivity contribution in [2.45, 2.75) is 52.1 Å². The molecule has 2 rings (SSSR count). The van der Waals surface area contributed by atoms with Crippen LogP contribution in [0.25, 0.3) is 0 Å². The van der Waals surface area contributed by atoms with Crippen LogP contribution in [-0.4, -0.2) is 30.8 Å². The number of nitrogens with zero attached hydrogens (tertiary/aromatic N) is 1. The first-order valence-corrected chi connectivity index (χ1v) is 8.38. The van der Waals surface area contributed by atoms with Crippen molar-refractivity contribution in [2.24, 2.45) is 5.92 Å². The van der Waals surface area contributed by atoms with Crippen LogP contribution < -0.4 is 10.2 Å². The van der Waals surface area contributed by atoms with Crippen molar-refractivity contribution >= 4 is 5.69 Å². The van der Waals surface area contributed by atoms with E-state index < -0.39 is 0 Å². The Morgan fingerprint density at radius 3 is 2.62 bits per heavy atom. The first-order valence-electron chi connectivity index (χ1n) is 8.38. The summed E-state index contributed by atoms with van der Waals surface area (Å²) >= 11 is 0. The summed E-state index contributed by atoms with van der Waals surface area (Å²) in [6, 6.07) is 9.24. The molecule has 0 aromatic heterocycles. The summed E-state index contributed by atoms with van der Waals surface area (Å²) in [6.45, 7) is 7.38. The first kappa shape index (κ1) is 16.3. The Kier molecular flexibility index (Phi) is 6.52. The molecule has 0 atom stereocenters. The summed E-state index contributed by atoms with van der Waals surface area (Å²) in [5.74, 6) is 0.667. The van der Waals surface area contributed by atoms with Crippen molar-refractivity contribution in [3.8, 4) is 0 Å². The number of benzene rings is 1. The molecule has 1 aromatic rings. The lowest BCUT2D eigenvalue weighted by molar-refractivity contribution is 0.297. The number of anilines is 1. The number of para-hydroxylation sites is 1. The van der Waals surface area contributed by atoms with Crippen LogP contribution in [0.1, 0.15) is 45.1 Å². The van der Waals surface area contributed by atoms with E-state index in [0.29, 0.717) is 12.0 Å². The Morgan fingerprint density at radius 1 is 1.24 bits per heavy atom. The van der Waals surface area contributed by atoms with E-state index in [1.165, 1.54) is 36.9 Å². The van der Waals surface area contributed by atoms with Crippen LogP contribution in [0.5, 0.6) is 0 Å². The van der Waals surface area contributed by atoms with Crippen LogP contribution >= 0.6 is 0 Å². The van der Waals surface area contributed by atoms with Gasteiger partial charge in [-0.1, -0.05) is 44.9 Å². The molecular weight excluding hydrogens is 260 g/mol. The minimum Gasteiger partial charge on any atom is -0.395 e. The van der Waals surface area contributed by atoms with Crippen molar-refractivity contribution in [3.05, 3.63) is 29.8 Å². The van der Waals surface area contributed by atoms with Crippen molar-refractivity contribution in [2.75, 3.05) is 24.6 Å². The Hall–Kier alpha value is -1.06. The molecule has 0 saturated heterocycles. The highest BCUT2D eigenvalue weighted by molar-refractivity contribution is 5.54. The minimum absolute atomic E-state index is 0.226. The molecule has 3 nitrogen and oxygen atoms in total. The predicted octanol–water partition coefficient (Wildman–Crippen LogP) is 3.17. The molecule has 0 spiro atoms. The SMILES string of the molecule is CC(C)CNCc1ccccc1N(CCO)C1CCCC1. The van der Waals surface area contributed by atoms with Gasteiger partial charge >= 0.3 is 0 Å². The second-order valence-corrected chi connectivity index (χ2v) is 6.51. The van der Waals surface area contributed by atoms with Gasteiger partial charge in [-0.25, -0.2) is 0 Å². The average Bonchev–Trinajstić information content (AvgIpc) is 2.99. The zero-order chi connectivity index (χ0) is 15.1. The summed E-state index contributed by atoms with van der Waals surface area (Å²) in [7, 11) is 0. The molecular formula is C18H30N2O. The topological polar surface area (TPSA) is 35.5 Å². The number of aliphatic hydroxyl groups is 1. The van der Waals surface area contributed by atoms with Crippen LogP contribution in [0.15, 0.2) is 24.3 Å². The highest BCUT2D eigenvalue weighted by atomic mass is 16.3. The standard InChI is InChI=1S/C18H30N2O/c1-15(2)13-19-14-16-7-3-6-10-18(16)20(11-12-21)17-8-4-5-9-17/h3,6-7,10,15,17,19,21H,4-5,8-9,11-14H2,1-2H3. The molecule has 0 aliphatic heterocycles. The highest BCUT2D eigenvalue weighted by Gasteiger charge is 2.23. The monoisotopic (exact) mass is 290 g/mol. The second-order valence-electron chi connectivity index (χ2n) is 6.51. The Bertz CT molecular complexity index is 413. The smallest absolute Gasteiger partial charge is 0.0606 e. The third kappa shape index (κ3) is 4.72. The number of hydrogen-bond donors (Lipinski definition) is 2. The summed E-state index contributed by atoms with van der Waals surface area (Å²) in [5, 5.41) is 13.0. The fraction of sp³-hybridized carbons (Fsp3) is 0.667. The number of nitrogens with one attached hydrogen (secondary N) is 1. The molecule has 0 unspecified atom stereocenters. The van der Waals surface area contributed by atoms with Crippen LogP contribution in [0, 0.1) is 5.92 Å². The fourth-order valence-electron chi connectivity index (χ4n) is 3.26. The molecule has 3 heteroatoms. The molecule has 2 N–H and O–H groups in total.